The van der Waals surface area contributed by atoms with Crippen LogP contribution in [0.15, 0.2) is 48.6 Å². The Labute approximate surface area is 168 Å². The molecule has 0 aromatic rings. The third-order valence-corrected chi connectivity index (χ3v) is 4.47. The summed E-state index contributed by atoms with van der Waals surface area (Å²) < 4.78 is 0. The second kappa shape index (κ2) is 15.2. The first kappa shape index (κ1) is 26.2. The number of rotatable bonds is 0. The summed E-state index contributed by atoms with van der Waals surface area (Å²) in [7, 11) is 0.750. The number of hydrogen-bond donors (Lipinski definition) is 0. The topological polar surface area (TPSA) is 0 Å². The Morgan fingerprint density at radius 1 is 0.708 bits per heavy atom. The van der Waals surface area contributed by atoms with Crippen molar-refractivity contribution in [3.8, 4) is 0 Å². The standard InChI is InChI=1S/2C9H11.C2H7Si.2FH.Zr/c2*1-2-5-9-7-3-6-8(9)4-1;1-3-2;;;/h2*1-2,4-6,8-9H,3,7H2;3H,1-2H3;2*1H;/q2*-1;;;;+4/p-2. The molecule has 2 saturated carbocycles. The molecule has 4 heteroatoms. The van der Waals surface area contributed by atoms with Gasteiger partial charge in [-0.05, 0) is 11.8 Å². The predicted octanol–water partition coefficient (Wildman–Crippen LogP) is -0.790. The third-order valence-electron chi connectivity index (χ3n) is 4.47. The van der Waals surface area contributed by atoms with E-state index in [2.05, 4.69) is 74.5 Å². The maximum absolute atomic E-state index is 2.42. The molecule has 0 spiro atoms. The van der Waals surface area contributed by atoms with Gasteiger partial charge in [0.15, 0.2) is 0 Å². The predicted molar refractivity (Wildman–Crippen MR) is 96.5 cm³/mol. The maximum Gasteiger partial charge on any atom is 4.00 e. The van der Waals surface area contributed by atoms with E-state index in [0.717, 1.165) is 33.2 Å². The minimum atomic E-state index is 0. The Hall–Kier alpha value is -0.0800. The largest absolute Gasteiger partial charge is 4.00 e. The fourth-order valence-corrected chi connectivity index (χ4v) is 3.39. The molecule has 4 unspecified atom stereocenters. The second-order valence-corrected chi connectivity index (χ2v) is 7.38. The molecule has 0 aromatic heterocycles. The van der Waals surface area contributed by atoms with Gasteiger partial charge in [0.2, 0.25) is 0 Å². The van der Waals surface area contributed by atoms with Crippen LogP contribution in [0.4, 0.5) is 0 Å². The van der Waals surface area contributed by atoms with Crippen molar-refractivity contribution >= 4 is 9.52 Å². The molecule has 4 rings (SSSR count). The molecule has 0 amide bonds. The van der Waals surface area contributed by atoms with Gasteiger partial charge in [-0.25, -0.2) is 0 Å². The molecule has 4 aliphatic carbocycles. The van der Waals surface area contributed by atoms with E-state index in [1.807, 2.05) is 0 Å². The Morgan fingerprint density at radius 3 is 1.38 bits per heavy atom. The van der Waals surface area contributed by atoms with Crippen LogP contribution < -0.4 is 9.41 Å². The van der Waals surface area contributed by atoms with Gasteiger partial charge in [-0.2, -0.15) is 12.8 Å². The average molecular weight is 427 g/mol. The van der Waals surface area contributed by atoms with Gasteiger partial charge in [-0.3, -0.25) is 0 Å². The molecule has 0 aliphatic heterocycles. The van der Waals surface area contributed by atoms with Gasteiger partial charge in [-0.1, -0.05) is 62.4 Å². The fourth-order valence-electron chi connectivity index (χ4n) is 3.39. The molecule has 4 atom stereocenters. The van der Waals surface area contributed by atoms with Crippen LogP contribution in [0.25, 0.3) is 0 Å². The van der Waals surface area contributed by atoms with Crippen molar-refractivity contribution in [3.63, 3.8) is 0 Å². The molecule has 131 valence electrons. The molecule has 24 heavy (non-hydrogen) atoms. The summed E-state index contributed by atoms with van der Waals surface area (Å²) in [5.74, 6) is 3.23. The summed E-state index contributed by atoms with van der Waals surface area (Å²) in [6.45, 7) is 4.42. The Balaban J connectivity index is 0. The van der Waals surface area contributed by atoms with Gasteiger partial charge < -0.3 is 22.3 Å². The maximum atomic E-state index is 2.42. The van der Waals surface area contributed by atoms with Crippen LogP contribution >= 0.6 is 0 Å². The van der Waals surface area contributed by atoms with E-state index in [-0.39, 0.29) is 35.6 Å². The first-order valence-corrected chi connectivity index (χ1v) is 10.8. The van der Waals surface area contributed by atoms with E-state index >= 15 is 0 Å². The van der Waals surface area contributed by atoms with Crippen LogP contribution in [-0.4, -0.2) is 9.52 Å². The molecule has 0 bridgehead atoms. The Bertz CT molecular complexity index is 344. The number of hydrogen-bond acceptors (Lipinski definition) is 0. The minimum absolute atomic E-state index is 0. The van der Waals surface area contributed by atoms with Gasteiger partial charge in [0.1, 0.15) is 0 Å². The van der Waals surface area contributed by atoms with Gasteiger partial charge in [0, 0.05) is 9.52 Å². The molecule has 0 aromatic carbocycles. The molecule has 4 aliphatic rings. The molecule has 0 N–H and O–H groups in total. The number of allylic oxidation sites excluding steroid dienone is 8. The molecule has 0 heterocycles. The van der Waals surface area contributed by atoms with E-state index in [4.69, 9.17) is 0 Å². The summed E-state index contributed by atoms with van der Waals surface area (Å²) in [6, 6.07) is 0. The normalized spacial score (nSPS) is 30.1. The zero-order chi connectivity index (χ0) is 14.9. The van der Waals surface area contributed by atoms with Crippen molar-refractivity contribution < 1.29 is 35.6 Å². The molecule has 2 fully saturated rings. The summed E-state index contributed by atoms with van der Waals surface area (Å²) >= 11 is 0. The summed E-state index contributed by atoms with van der Waals surface area (Å²) in [5.41, 5.74) is 0. The van der Waals surface area contributed by atoms with Crippen LogP contribution in [0.3, 0.4) is 0 Å². The van der Waals surface area contributed by atoms with E-state index in [9.17, 15) is 0 Å². The van der Waals surface area contributed by atoms with Crippen LogP contribution in [-0.2, 0) is 26.2 Å². The Kier molecular flexibility index (Phi) is 16.6. The zero-order valence-electron chi connectivity index (χ0n) is 14.7. The number of fused-ring (bicyclic) bond motifs is 2. The van der Waals surface area contributed by atoms with Crippen molar-refractivity contribution in [3.05, 3.63) is 61.4 Å². The third kappa shape index (κ3) is 8.34. The van der Waals surface area contributed by atoms with Crippen molar-refractivity contribution in [2.24, 2.45) is 23.7 Å². The SMILES string of the molecule is C1=CC2[CH-]CCC2C=C1.C1=CC2[CH-]CCC2C=C1.C[SiH]C.[F-].[F-].[Zr+4]. The van der Waals surface area contributed by atoms with Crippen molar-refractivity contribution in [1.29, 1.82) is 0 Å². The fraction of sp³-hybridized carbons (Fsp3) is 0.500. The van der Waals surface area contributed by atoms with E-state index in [1.165, 1.54) is 25.7 Å². The zero-order valence-corrected chi connectivity index (χ0v) is 18.4. The Morgan fingerprint density at radius 2 is 1.04 bits per heavy atom. The first-order valence-electron chi connectivity index (χ1n) is 8.45. The van der Waals surface area contributed by atoms with Crippen LogP contribution in [0.5, 0.6) is 0 Å². The van der Waals surface area contributed by atoms with Gasteiger partial charge in [0.05, 0.1) is 0 Å². The van der Waals surface area contributed by atoms with Crippen molar-refractivity contribution in [2.45, 2.75) is 38.8 Å². The molecular weight excluding hydrogens is 398 g/mol. The van der Waals surface area contributed by atoms with E-state index in [1.54, 1.807) is 0 Å². The van der Waals surface area contributed by atoms with Crippen LogP contribution in [0.2, 0.25) is 13.1 Å². The molecule has 0 nitrogen and oxygen atoms in total. The smallest absolute Gasteiger partial charge is 1.00 e. The first-order chi connectivity index (χ1) is 10.3. The second-order valence-electron chi connectivity index (χ2n) is 6.23. The summed E-state index contributed by atoms with van der Waals surface area (Å²) in [6.07, 6.45) is 28.1. The molecule has 1 radical (unpaired) electrons. The van der Waals surface area contributed by atoms with E-state index in [0.29, 0.717) is 0 Å². The summed E-state index contributed by atoms with van der Waals surface area (Å²) in [5, 5.41) is 0. The van der Waals surface area contributed by atoms with Gasteiger partial charge >= 0.3 is 26.2 Å². The minimum Gasteiger partial charge on any atom is -1.00 e. The monoisotopic (exact) mass is 425 g/mol. The average Bonchev–Trinajstić information content (AvgIpc) is 3.17. The van der Waals surface area contributed by atoms with E-state index < -0.39 is 0 Å². The number of halogens is 2. The van der Waals surface area contributed by atoms with Gasteiger partial charge in [0.25, 0.3) is 0 Å². The van der Waals surface area contributed by atoms with Crippen molar-refractivity contribution in [1.82, 2.24) is 0 Å². The molecule has 0 saturated heterocycles. The quantitative estimate of drug-likeness (QED) is 0.352. The van der Waals surface area contributed by atoms with Crippen LogP contribution in [0.1, 0.15) is 25.7 Å². The molecular formula is C20H29F2SiZr. The van der Waals surface area contributed by atoms with Crippen molar-refractivity contribution in [2.75, 3.05) is 0 Å². The summed E-state index contributed by atoms with van der Waals surface area (Å²) in [4.78, 5) is 0. The van der Waals surface area contributed by atoms with Gasteiger partial charge in [-0.15, -0.1) is 24.0 Å². The van der Waals surface area contributed by atoms with Crippen LogP contribution in [0, 0.1) is 36.5 Å².